The van der Waals surface area contributed by atoms with Gasteiger partial charge in [-0.25, -0.2) is 9.97 Å². The lowest BCUT2D eigenvalue weighted by Gasteiger charge is -2.10. The maximum atomic E-state index is 5.79. The minimum absolute atomic E-state index is 0.523. The zero-order valence-corrected chi connectivity index (χ0v) is 9.94. The summed E-state index contributed by atoms with van der Waals surface area (Å²) in [5, 5.41) is 3.25. The van der Waals surface area contributed by atoms with E-state index < -0.39 is 0 Å². The number of hydrogen-bond acceptors (Lipinski definition) is 5. The van der Waals surface area contributed by atoms with Crippen LogP contribution >= 0.6 is 0 Å². The second kappa shape index (κ2) is 4.78. The molecule has 0 aliphatic heterocycles. The minimum Gasteiger partial charge on any atom is -0.383 e. The van der Waals surface area contributed by atoms with Gasteiger partial charge in [0.05, 0.1) is 0 Å². The molecule has 0 atom stereocenters. The topological polar surface area (TPSA) is 76.7 Å². The Morgan fingerprint density at radius 2 is 1.88 bits per heavy atom. The van der Waals surface area contributed by atoms with Gasteiger partial charge in [0.1, 0.15) is 17.5 Å². The smallest absolute Gasteiger partial charge is 0.135 e. The maximum absolute atomic E-state index is 5.79. The van der Waals surface area contributed by atoms with Crippen LogP contribution in [0.15, 0.2) is 24.5 Å². The fourth-order valence-corrected chi connectivity index (χ4v) is 1.51. The third kappa shape index (κ3) is 2.69. The normalized spacial score (nSPS) is 10.2. The van der Waals surface area contributed by atoms with Crippen molar-refractivity contribution in [1.82, 2.24) is 15.0 Å². The van der Waals surface area contributed by atoms with Crippen LogP contribution in [0.25, 0.3) is 0 Å². The summed E-state index contributed by atoms with van der Waals surface area (Å²) in [6, 6.07) is 3.92. The van der Waals surface area contributed by atoms with Crippen molar-refractivity contribution >= 4 is 11.6 Å². The number of nitrogens with two attached hydrogens (primary N) is 1. The molecule has 2 heterocycles. The second-order valence-electron chi connectivity index (χ2n) is 3.84. The van der Waals surface area contributed by atoms with E-state index in [1.54, 1.807) is 12.4 Å². The molecule has 0 spiro atoms. The van der Waals surface area contributed by atoms with Crippen LogP contribution in [0.5, 0.6) is 0 Å². The standard InChI is InChI=1S/C12H15N5/c1-8-11(13)16-9(2)17-12(8)15-7-10-3-5-14-6-4-10/h3-6H,7H2,1-2H3,(H3,13,15,16,17). The highest BCUT2D eigenvalue weighted by Gasteiger charge is 2.05. The number of nitrogen functional groups attached to an aromatic ring is 1. The van der Waals surface area contributed by atoms with Crippen LogP contribution in [0.3, 0.4) is 0 Å². The number of aryl methyl sites for hydroxylation is 1. The highest BCUT2D eigenvalue weighted by Crippen LogP contribution is 2.17. The highest BCUT2D eigenvalue weighted by molar-refractivity contribution is 5.54. The second-order valence-corrected chi connectivity index (χ2v) is 3.84. The number of pyridine rings is 1. The lowest BCUT2D eigenvalue weighted by molar-refractivity contribution is 1.01. The van der Waals surface area contributed by atoms with Gasteiger partial charge in [-0.3, -0.25) is 4.98 Å². The van der Waals surface area contributed by atoms with Crippen LogP contribution in [0.2, 0.25) is 0 Å². The van der Waals surface area contributed by atoms with Crippen molar-refractivity contribution in [3.05, 3.63) is 41.5 Å². The summed E-state index contributed by atoms with van der Waals surface area (Å²) < 4.78 is 0. The SMILES string of the molecule is Cc1nc(N)c(C)c(NCc2ccncc2)n1. The lowest BCUT2D eigenvalue weighted by atomic mass is 10.2. The van der Waals surface area contributed by atoms with Gasteiger partial charge >= 0.3 is 0 Å². The molecule has 88 valence electrons. The molecule has 2 aromatic heterocycles. The molecule has 17 heavy (non-hydrogen) atoms. The van der Waals surface area contributed by atoms with Gasteiger partial charge in [0.25, 0.3) is 0 Å². The lowest BCUT2D eigenvalue weighted by Crippen LogP contribution is -2.08. The van der Waals surface area contributed by atoms with E-state index in [4.69, 9.17) is 5.73 Å². The Kier molecular flexibility index (Phi) is 3.18. The minimum atomic E-state index is 0.523. The van der Waals surface area contributed by atoms with Crippen LogP contribution in [0.1, 0.15) is 17.0 Å². The average molecular weight is 229 g/mol. The third-order valence-corrected chi connectivity index (χ3v) is 2.50. The van der Waals surface area contributed by atoms with Crippen molar-refractivity contribution in [1.29, 1.82) is 0 Å². The molecule has 0 unspecified atom stereocenters. The fourth-order valence-electron chi connectivity index (χ4n) is 1.51. The molecule has 0 radical (unpaired) electrons. The molecule has 0 aromatic carbocycles. The predicted molar refractivity (Wildman–Crippen MR) is 67.5 cm³/mol. The Balaban J connectivity index is 2.14. The molecule has 0 fully saturated rings. The Morgan fingerprint density at radius 3 is 2.59 bits per heavy atom. The Bertz CT molecular complexity index is 510. The van der Waals surface area contributed by atoms with E-state index >= 15 is 0 Å². The zero-order valence-electron chi connectivity index (χ0n) is 9.94. The maximum Gasteiger partial charge on any atom is 0.135 e. The van der Waals surface area contributed by atoms with Crippen LogP contribution in [-0.4, -0.2) is 15.0 Å². The molecular formula is C12H15N5. The Labute approximate surface area is 100 Å². The van der Waals surface area contributed by atoms with Crippen LogP contribution in [0, 0.1) is 13.8 Å². The molecule has 5 heteroatoms. The van der Waals surface area contributed by atoms with Gasteiger partial charge in [0, 0.05) is 24.5 Å². The summed E-state index contributed by atoms with van der Waals surface area (Å²) >= 11 is 0. The first-order chi connectivity index (χ1) is 8.16. The molecule has 0 aliphatic rings. The number of hydrogen-bond donors (Lipinski definition) is 2. The average Bonchev–Trinajstić information content (AvgIpc) is 2.33. The quantitative estimate of drug-likeness (QED) is 0.837. The van der Waals surface area contributed by atoms with Crippen LogP contribution in [0.4, 0.5) is 11.6 Å². The van der Waals surface area contributed by atoms with E-state index in [0.29, 0.717) is 18.2 Å². The van der Waals surface area contributed by atoms with Crippen LogP contribution < -0.4 is 11.1 Å². The third-order valence-electron chi connectivity index (χ3n) is 2.50. The summed E-state index contributed by atoms with van der Waals surface area (Å²) in [6.45, 7) is 4.43. The van der Waals surface area contributed by atoms with E-state index in [0.717, 1.165) is 16.9 Å². The molecule has 5 nitrogen and oxygen atoms in total. The van der Waals surface area contributed by atoms with Crippen LogP contribution in [-0.2, 0) is 6.54 Å². The number of aromatic nitrogens is 3. The van der Waals surface area contributed by atoms with Gasteiger partial charge < -0.3 is 11.1 Å². The summed E-state index contributed by atoms with van der Waals surface area (Å²) in [4.78, 5) is 12.4. The number of anilines is 2. The van der Waals surface area contributed by atoms with E-state index in [1.807, 2.05) is 26.0 Å². The molecule has 0 amide bonds. The van der Waals surface area contributed by atoms with Gasteiger partial charge in [-0.2, -0.15) is 0 Å². The van der Waals surface area contributed by atoms with Gasteiger partial charge in [-0.1, -0.05) is 0 Å². The zero-order chi connectivity index (χ0) is 12.3. The first-order valence-electron chi connectivity index (χ1n) is 5.40. The predicted octanol–water partition coefficient (Wildman–Crippen LogP) is 1.68. The van der Waals surface area contributed by atoms with Gasteiger partial charge in [-0.15, -0.1) is 0 Å². The van der Waals surface area contributed by atoms with E-state index in [-0.39, 0.29) is 0 Å². The fraction of sp³-hybridized carbons (Fsp3) is 0.250. The van der Waals surface area contributed by atoms with E-state index in [9.17, 15) is 0 Å². The van der Waals surface area contributed by atoms with Gasteiger partial charge in [-0.05, 0) is 31.5 Å². The van der Waals surface area contributed by atoms with E-state index in [1.165, 1.54) is 0 Å². The van der Waals surface area contributed by atoms with Crippen molar-refractivity contribution in [3.8, 4) is 0 Å². The van der Waals surface area contributed by atoms with Gasteiger partial charge in [0.15, 0.2) is 0 Å². The molecule has 0 saturated carbocycles. The monoisotopic (exact) mass is 229 g/mol. The first kappa shape index (κ1) is 11.3. The summed E-state index contributed by atoms with van der Waals surface area (Å²) in [5.74, 6) is 1.98. The summed E-state index contributed by atoms with van der Waals surface area (Å²) in [5.41, 5.74) is 7.82. The number of nitrogens with zero attached hydrogens (tertiary/aromatic N) is 3. The van der Waals surface area contributed by atoms with E-state index in [2.05, 4.69) is 20.3 Å². The molecular weight excluding hydrogens is 214 g/mol. The van der Waals surface area contributed by atoms with Gasteiger partial charge in [0.2, 0.25) is 0 Å². The van der Waals surface area contributed by atoms with Crippen molar-refractivity contribution in [2.75, 3.05) is 11.1 Å². The Morgan fingerprint density at radius 1 is 1.18 bits per heavy atom. The van der Waals surface area contributed by atoms with Crippen molar-refractivity contribution < 1.29 is 0 Å². The first-order valence-corrected chi connectivity index (χ1v) is 5.40. The molecule has 3 N–H and O–H groups in total. The molecule has 0 saturated heterocycles. The molecule has 2 rings (SSSR count). The number of nitrogens with one attached hydrogen (secondary N) is 1. The van der Waals surface area contributed by atoms with Crippen molar-refractivity contribution in [2.45, 2.75) is 20.4 Å². The molecule has 0 aliphatic carbocycles. The van der Waals surface area contributed by atoms with Crippen molar-refractivity contribution in [2.24, 2.45) is 0 Å². The summed E-state index contributed by atoms with van der Waals surface area (Å²) in [6.07, 6.45) is 3.53. The Hall–Kier alpha value is -2.17. The largest absolute Gasteiger partial charge is 0.383 e. The summed E-state index contributed by atoms with van der Waals surface area (Å²) in [7, 11) is 0. The molecule has 0 bridgehead atoms. The highest BCUT2D eigenvalue weighted by atomic mass is 15.0. The van der Waals surface area contributed by atoms with Crippen molar-refractivity contribution in [3.63, 3.8) is 0 Å². The number of rotatable bonds is 3. The molecule has 2 aromatic rings.